The van der Waals surface area contributed by atoms with E-state index in [0.717, 1.165) is 0 Å². The van der Waals surface area contributed by atoms with Crippen LogP contribution < -0.4 is 9.80 Å². The Hall–Kier alpha value is -6.12. The molecule has 0 fully saturated rings. The minimum Gasteiger partial charge on any atom is -0.310 e. The monoisotopic (exact) mass is 754 g/mol. The second kappa shape index (κ2) is 14.4. The summed E-state index contributed by atoms with van der Waals surface area (Å²) < 4.78 is 0. The molecule has 0 N–H and O–H groups in total. The molecule has 0 bridgehead atoms. The summed E-state index contributed by atoms with van der Waals surface area (Å²) >= 11 is 0. The van der Waals surface area contributed by atoms with E-state index in [4.69, 9.17) is 0 Å². The van der Waals surface area contributed by atoms with Gasteiger partial charge < -0.3 is 9.80 Å². The Bertz CT molecular complexity index is 2730. The highest BCUT2D eigenvalue weighted by atomic mass is 15.1. The molecule has 0 unspecified atom stereocenters. The molecule has 9 rings (SSSR count). The van der Waals surface area contributed by atoms with E-state index < -0.39 is 0 Å². The molecule has 58 heavy (non-hydrogen) atoms. The number of hydrogen-bond acceptors (Lipinski definition) is 2. The Morgan fingerprint density at radius 2 is 0.672 bits per heavy atom. The molecule has 0 atom stereocenters. The third kappa shape index (κ3) is 5.92. The molecule has 1 aliphatic rings. The lowest BCUT2D eigenvalue weighted by molar-refractivity contribution is 0.866. The maximum atomic E-state index is 2.45. The average Bonchev–Trinajstić information content (AvgIpc) is 3.21. The summed E-state index contributed by atoms with van der Waals surface area (Å²) in [6, 6.07) is 49.9. The number of anilines is 6. The van der Waals surface area contributed by atoms with Crippen molar-refractivity contribution >= 4 is 55.7 Å². The topological polar surface area (TPSA) is 6.48 Å². The van der Waals surface area contributed by atoms with Crippen molar-refractivity contribution in [1.82, 2.24) is 0 Å². The normalized spacial score (nSPS) is 11.9. The quantitative estimate of drug-likeness (QED) is 0.152. The predicted molar refractivity (Wildman–Crippen MR) is 252 cm³/mol. The molecule has 0 amide bonds. The van der Waals surface area contributed by atoms with E-state index in [0.29, 0.717) is 11.8 Å². The van der Waals surface area contributed by atoms with Gasteiger partial charge in [-0.1, -0.05) is 100 Å². The third-order valence-electron chi connectivity index (χ3n) is 12.9. The second-order valence-electron chi connectivity index (χ2n) is 17.2. The van der Waals surface area contributed by atoms with Gasteiger partial charge in [0.1, 0.15) is 0 Å². The van der Waals surface area contributed by atoms with Crippen LogP contribution in [0.4, 0.5) is 34.1 Å². The lowest BCUT2D eigenvalue weighted by Gasteiger charge is -2.35. The van der Waals surface area contributed by atoms with E-state index in [1.165, 1.54) is 122 Å². The van der Waals surface area contributed by atoms with Gasteiger partial charge in [-0.2, -0.15) is 0 Å². The molecule has 8 aromatic carbocycles. The van der Waals surface area contributed by atoms with Gasteiger partial charge >= 0.3 is 0 Å². The molecule has 0 radical (unpaired) electrons. The predicted octanol–water partition coefficient (Wildman–Crippen LogP) is 16.7. The fourth-order valence-corrected chi connectivity index (χ4v) is 9.62. The highest BCUT2D eigenvalue weighted by Crippen LogP contribution is 2.58. The van der Waals surface area contributed by atoms with Crippen molar-refractivity contribution in [2.75, 3.05) is 9.80 Å². The van der Waals surface area contributed by atoms with Crippen LogP contribution in [0.3, 0.4) is 0 Å². The summed E-state index contributed by atoms with van der Waals surface area (Å²) in [5.41, 5.74) is 23.5. The summed E-state index contributed by atoms with van der Waals surface area (Å²) in [4.78, 5) is 4.90. The van der Waals surface area contributed by atoms with Crippen molar-refractivity contribution in [2.24, 2.45) is 0 Å². The highest BCUT2D eigenvalue weighted by Gasteiger charge is 2.33. The van der Waals surface area contributed by atoms with Crippen LogP contribution in [-0.2, 0) is 0 Å². The van der Waals surface area contributed by atoms with Crippen LogP contribution in [0.1, 0.15) is 84.0 Å². The largest absolute Gasteiger partial charge is 0.310 e. The van der Waals surface area contributed by atoms with Crippen molar-refractivity contribution in [3.8, 4) is 22.3 Å². The van der Waals surface area contributed by atoms with Crippen LogP contribution in [0.2, 0.25) is 0 Å². The molecule has 8 aromatic rings. The molecule has 2 nitrogen and oxygen atoms in total. The Balaban J connectivity index is 1.22. The van der Waals surface area contributed by atoms with Gasteiger partial charge in [0.15, 0.2) is 0 Å². The van der Waals surface area contributed by atoms with Gasteiger partial charge in [-0.25, -0.2) is 0 Å². The first kappa shape index (κ1) is 37.5. The summed E-state index contributed by atoms with van der Waals surface area (Å²) in [6.45, 7) is 22.9. The smallest absolute Gasteiger partial charge is 0.0490 e. The van der Waals surface area contributed by atoms with Gasteiger partial charge in [0.2, 0.25) is 0 Å². The van der Waals surface area contributed by atoms with Crippen molar-refractivity contribution in [3.05, 3.63) is 178 Å². The Morgan fingerprint density at radius 3 is 1.03 bits per heavy atom. The van der Waals surface area contributed by atoms with Gasteiger partial charge in [-0.3, -0.25) is 0 Å². The van der Waals surface area contributed by atoms with Crippen LogP contribution in [0.25, 0.3) is 43.8 Å². The van der Waals surface area contributed by atoms with Gasteiger partial charge in [-0.15, -0.1) is 0 Å². The van der Waals surface area contributed by atoms with Crippen LogP contribution in [0.15, 0.2) is 133 Å². The molecule has 0 aromatic heterocycles. The Morgan fingerprint density at radius 1 is 0.328 bits per heavy atom. The van der Waals surface area contributed by atoms with Crippen LogP contribution in [0.5, 0.6) is 0 Å². The van der Waals surface area contributed by atoms with Gasteiger partial charge in [0.25, 0.3) is 0 Å². The van der Waals surface area contributed by atoms with Gasteiger partial charge in [0, 0.05) is 34.1 Å². The van der Waals surface area contributed by atoms with E-state index in [2.05, 4.69) is 212 Å². The minimum atomic E-state index is 0.444. The zero-order valence-electron chi connectivity index (χ0n) is 35.8. The lowest BCUT2D eigenvalue weighted by Crippen LogP contribution is -2.13. The molecule has 0 aliphatic heterocycles. The molecule has 0 spiro atoms. The van der Waals surface area contributed by atoms with Crippen molar-refractivity contribution < 1.29 is 0 Å². The molecule has 0 saturated heterocycles. The number of rotatable bonds is 8. The first-order valence-corrected chi connectivity index (χ1v) is 21.0. The maximum Gasteiger partial charge on any atom is 0.0490 e. The fraction of sp³-hybridized carbons (Fsp3) is 0.214. The van der Waals surface area contributed by atoms with Crippen molar-refractivity contribution in [2.45, 2.75) is 81.1 Å². The molecule has 1 aliphatic carbocycles. The molecular formula is C56H54N2. The molecule has 0 saturated carbocycles. The van der Waals surface area contributed by atoms with Gasteiger partial charge in [0.05, 0.1) is 0 Å². The molecule has 2 heteroatoms. The number of nitrogens with zero attached hydrogens (tertiary/aromatic N) is 2. The van der Waals surface area contributed by atoms with Crippen LogP contribution in [-0.4, -0.2) is 0 Å². The first-order valence-electron chi connectivity index (χ1n) is 21.0. The number of para-hydroxylation sites is 2. The molecular weight excluding hydrogens is 701 g/mol. The summed E-state index contributed by atoms with van der Waals surface area (Å²) in [5.74, 6) is 0.888. The van der Waals surface area contributed by atoms with E-state index in [1.807, 2.05) is 0 Å². The maximum absolute atomic E-state index is 2.45. The van der Waals surface area contributed by atoms with Crippen LogP contribution in [0, 0.1) is 41.5 Å². The zero-order valence-corrected chi connectivity index (χ0v) is 35.8. The van der Waals surface area contributed by atoms with Crippen molar-refractivity contribution in [1.29, 1.82) is 0 Å². The second-order valence-corrected chi connectivity index (χ2v) is 17.2. The van der Waals surface area contributed by atoms with E-state index >= 15 is 0 Å². The standard InChI is InChI=1S/C56H54N2/c1-33(2)41-19-15-21-43(29-41)57(51-23-13-11-17-35(51)5)45-25-27-47-37(7)53-54-38(8)48-28-26-46(32-50(48)40(10)56(54)55(53)39(9)49(47)31-45)58(52-24-14-12-18-36(52)6)44-22-16-20-42(30-44)34(3)4/h11-34H,1-10H3. The number of benzene rings is 8. The molecule has 0 heterocycles. The molecule has 288 valence electrons. The summed E-state index contributed by atoms with van der Waals surface area (Å²) in [6.07, 6.45) is 0. The van der Waals surface area contributed by atoms with Crippen LogP contribution >= 0.6 is 0 Å². The SMILES string of the molecule is Cc1ccccc1N(c1cccc(C(C)C)c1)c1ccc2c(C)c3c(c(C)c2c1)-c1c-3c(C)c2ccc(N(c3cccc(C(C)C)c3)c3ccccc3C)cc2c1C. The Labute approximate surface area is 345 Å². The summed E-state index contributed by atoms with van der Waals surface area (Å²) in [7, 11) is 0. The highest BCUT2D eigenvalue weighted by molar-refractivity contribution is 6.19. The average molecular weight is 755 g/mol. The minimum absolute atomic E-state index is 0.444. The van der Waals surface area contributed by atoms with E-state index in [-0.39, 0.29) is 0 Å². The van der Waals surface area contributed by atoms with Gasteiger partial charge in [-0.05, 0) is 202 Å². The number of hydrogen-bond donors (Lipinski definition) is 0. The summed E-state index contributed by atoms with van der Waals surface area (Å²) in [5, 5.41) is 5.30. The first-order chi connectivity index (χ1) is 27.9. The lowest BCUT2D eigenvalue weighted by atomic mass is 9.69. The third-order valence-corrected chi connectivity index (χ3v) is 12.9. The number of fused-ring (bicyclic) bond motifs is 6. The zero-order chi connectivity index (χ0) is 40.6. The van der Waals surface area contributed by atoms with E-state index in [1.54, 1.807) is 0 Å². The number of aryl methyl sites for hydroxylation is 6. The fourth-order valence-electron chi connectivity index (χ4n) is 9.62. The Kier molecular flexibility index (Phi) is 9.28. The van der Waals surface area contributed by atoms with E-state index in [9.17, 15) is 0 Å². The van der Waals surface area contributed by atoms with Crippen molar-refractivity contribution in [3.63, 3.8) is 0 Å².